The average Bonchev–Trinajstić information content (AvgIpc) is 3.09. The van der Waals surface area contributed by atoms with Crippen LogP contribution in [0.1, 0.15) is 44.3 Å². The first-order valence-electron chi connectivity index (χ1n) is 9.48. The van der Waals surface area contributed by atoms with E-state index in [4.69, 9.17) is 0 Å². The predicted molar refractivity (Wildman–Crippen MR) is 94.9 cm³/mol. The number of amides is 1. The molecule has 2 aromatic rings. The standard InChI is InChI=1S/C19H27N5O/c1-15(13-24-9-2-7-21-24)19(25)22-10-5-17(6-11-22)18-20-8-12-23(18)14-16-3-4-16/h2,7-9,12,15-17H,3-6,10-11,13-14H2,1H3/t15-/m0/s1. The maximum atomic E-state index is 12.7. The van der Waals surface area contributed by atoms with Crippen molar-refractivity contribution in [1.82, 2.24) is 24.2 Å². The third kappa shape index (κ3) is 3.78. The van der Waals surface area contributed by atoms with Crippen molar-refractivity contribution >= 4 is 5.91 Å². The van der Waals surface area contributed by atoms with Crippen LogP contribution < -0.4 is 0 Å². The number of carbonyl (C=O) groups excluding carboxylic acids is 1. The third-order valence-corrected chi connectivity index (χ3v) is 5.51. The molecule has 1 saturated heterocycles. The van der Waals surface area contributed by atoms with Gasteiger partial charge in [0.15, 0.2) is 0 Å². The molecular weight excluding hydrogens is 314 g/mol. The lowest BCUT2D eigenvalue weighted by atomic mass is 9.95. The van der Waals surface area contributed by atoms with Crippen molar-refractivity contribution in [2.45, 2.75) is 51.6 Å². The van der Waals surface area contributed by atoms with Gasteiger partial charge in [0.25, 0.3) is 0 Å². The molecule has 134 valence electrons. The first-order valence-corrected chi connectivity index (χ1v) is 9.48. The summed E-state index contributed by atoms with van der Waals surface area (Å²) in [5, 5.41) is 4.20. The van der Waals surface area contributed by atoms with Gasteiger partial charge in [0.2, 0.25) is 5.91 Å². The lowest BCUT2D eigenvalue weighted by molar-refractivity contribution is -0.136. The van der Waals surface area contributed by atoms with Crippen LogP contribution in [0.15, 0.2) is 30.9 Å². The van der Waals surface area contributed by atoms with Crippen LogP contribution in [0.25, 0.3) is 0 Å². The van der Waals surface area contributed by atoms with Crippen molar-refractivity contribution in [3.05, 3.63) is 36.7 Å². The lowest BCUT2D eigenvalue weighted by Crippen LogP contribution is -2.42. The molecule has 0 aromatic carbocycles. The molecule has 0 radical (unpaired) electrons. The third-order valence-electron chi connectivity index (χ3n) is 5.51. The normalized spacial score (nSPS) is 20.0. The summed E-state index contributed by atoms with van der Waals surface area (Å²) in [6.07, 6.45) is 12.5. The van der Waals surface area contributed by atoms with Crippen LogP contribution in [-0.4, -0.2) is 43.2 Å². The van der Waals surface area contributed by atoms with Gasteiger partial charge in [-0.25, -0.2) is 4.98 Å². The monoisotopic (exact) mass is 341 g/mol. The zero-order valence-electron chi connectivity index (χ0n) is 14.9. The number of piperidine rings is 1. The SMILES string of the molecule is C[C@@H](Cn1cccn1)C(=O)N1CCC(c2nccn2CC2CC2)CC1. The van der Waals surface area contributed by atoms with Gasteiger partial charge < -0.3 is 9.47 Å². The highest BCUT2D eigenvalue weighted by Crippen LogP contribution is 2.33. The average molecular weight is 341 g/mol. The maximum absolute atomic E-state index is 12.7. The maximum Gasteiger partial charge on any atom is 0.227 e. The fourth-order valence-corrected chi connectivity index (χ4v) is 3.85. The number of nitrogens with zero attached hydrogens (tertiary/aromatic N) is 5. The Morgan fingerprint density at radius 2 is 2.00 bits per heavy atom. The molecule has 2 fully saturated rings. The highest BCUT2D eigenvalue weighted by Gasteiger charge is 2.30. The Balaban J connectivity index is 1.31. The summed E-state index contributed by atoms with van der Waals surface area (Å²) in [5.74, 6) is 2.78. The van der Waals surface area contributed by atoms with E-state index in [1.165, 1.54) is 18.7 Å². The van der Waals surface area contributed by atoms with Gasteiger partial charge >= 0.3 is 0 Å². The molecule has 4 rings (SSSR count). The van der Waals surface area contributed by atoms with Crippen LogP contribution in [-0.2, 0) is 17.9 Å². The predicted octanol–water partition coefficient (Wildman–Crippen LogP) is 2.53. The molecule has 0 N–H and O–H groups in total. The van der Waals surface area contributed by atoms with E-state index in [-0.39, 0.29) is 11.8 Å². The number of imidazole rings is 1. The molecule has 6 heteroatoms. The first-order chi connectivity index (χ1) is 12.2. The van der Waals surface area contributed by atoms with Gasteiger partial charge in [0, 0.05) is 50.3 Å². The topological polar surface area (TPSA) is 56.0 Å². The van der Waals surface area contributed by atoms with E-state index in [0.29, 0.717) is 12.5 Å². The minimum absolute atomic E-state index is 0.0340. The molecular formula is C19H27N5O. The minimum atomic E-state index is -0.0340. The molecule has 2 aromatic heterocycles. The largest absolute Gasteiger partial charge is 0.342 e. The van der Waals surface area contributed by atoms with E-state index in [0.717, 1.165) is 38.4 Å². The molecule has 1 amide bonds. The number of carbonyl (C=O) groups is 1. The minimum Gasteiger partial charge on any atom is -0.342 e. The Labute approximate surface area is 148 Å². The molecule has 1 saturated carbocycles. The number of likely N-dealkylation sites (tertiary alicyclic amines) is 1. The second-order valence-corrected chi connectivity index (χ2v) is 7.61. The Hall–Kier alpha value is -2.11. The van der Waals surface area contributed by atoms with E-state index in [1.807, 2.05) is 35.0 Å². The molecule has 1 aliphatic carbocycles. The van der Waals surface area contributed by atoms with Crippen LogP contribution in [0.2, 0.25) is 0 Å². The quantitative estimate of drug-likeness (QED) is 0.811. The molecule has 1 atom stereocenters. The van der Waals surface area contributed by atoms with Gasteiger partial charge in [-0.3, -0.25) is 9.48 Å². The van der Waals surface area contributed by atoms with Crippen molar-refractivity contribution in [2.24, 2.45) is 11.8 Å². The van der Waals surface area contributed by atoms with Crippen LogP contribution in [0.4, 0.5) is 0 Å². The van der Waals surface area contributed by atoms with Crippen molar-refractivity contribution in [1.29, 1.82) is 0 Å². The summed E-state index contributed by atoms with van der Waals surface area (Å²) in [6, 6.07) is 1.90. The molecule has 3 heterocycles. The Bertz CT molecular complexity index is 695. The number of rotatable bonds is 6. The van der Waals surface area contributed by atoms with E-state index in [1.54, 1.807) is 6.20 Å². The summed E-state index contributed by atoms with van der Waals surface area (Å²) < 4.78 is 4.18. The van der Waals surface area contributed by atoms with Crippen LogP contribution in [0.5, 0.6) is 0 Å². The Morgan fingerprint density at radius 1 is 1.20 bits per heavy atom. The lowest BCUT2D eigenvalue weighted by Gasteiger charge is -2.33. The summed E-state index contributed by atoms with van der Waals surface area (Å²) >= 11 is 0. The van der Waals surface area contributed by atoms with Gasteiger partial charge in [-0.15, -0.1) is 0 Å². The van der Waals surface area contributed by atoms with Crippen molar-refractivity contribution < 1.29 is 4.79 Å². The second-order valence-electron chi connectivity index (χ2n) is 7.61. The molecule has 25 heavy (non-hydrogen) atoms. The van der Waals surface area contributed by atoms with Gasteiger partial charge in [-0.05, 0) is 37.7 Å². The van der Waals surface area contributed by atoms with Crippen LogP contribution in [0, 0.1) is 11.8 Å². The molecule has 1 aliphatic heterocycles. The fraction of sp³-hybridized carbons (Fsp3) is 0.632. The zero-order chi connectivity index (χ0) is 17.2. The van der Waals surface area contributed by atoms with E-state index in [2.05, 4.69) is 20.8 Å². The number of hydrogen-bond acceptors (Lipinski definition) is 3. The molecule has 2 aliphatic rings. The second kappa shape index (κ2) is 7.02. The summed E-state index contributed by atoms with van der Waals surface area (Å²) in [4.78, 5) is 19.4. The van der Waals surface area contributed by atoms with Crippen LogP contribution in [0.3, 0.4) is 0 Å². The zero-order valence-corrected chi connectivity index (χ0v) is 14.9. The molecule has 0 bridgehead atoms. The van der Waals surface area contributed by atoms with Crippen molar-refractivity contribution in [2.75, 3.05) is 13.1 Å². The van der Waals surface area contributed by atoms with Gasteiger partial charge in [-0.1, -0.05) is 6.92 Å². The van der Waals surface area contributed by atoms with E-state index in [9.17, 15) is 4.79 Å². The summed E-state index contributed by atoms with van der Waals surface area (Å²) in [7, 11) is 0. The fourth-order valence-electron chi connectivity index (χ4n) is 3.85. The Kier molecular flexibility index (Phi) is 4.59. The number of hydrogen-bond donors (Lipinski definition) is 0. The highest BCUT2D eigenvalue weighted by atomic mass is 16.2. The van der Waals surface area contributed by atoms with Gasteiger partial charge in [-0.2, -0.15) is 5.10 Å². The molecule has 6 nitrogen and oxygen atoms in total. The smallest absolute Gasteiger partial charge is 0.227 e. The van der Waals surface area contributed by atoms with E-state index >= 15 is 0 Å². The number of aromatic nitrogens is 4. The molecule has 0 unspecified atom stereocenters. The van der Waals surface area contributed by atoms with Gasteiger partial charge in [0.1, 0.15) is 5.82 Å². The van der Waals surface area contributed by atoms with Crippen LogP contribution >= 0.6 is 0 Å². The van der Waals surface area contributed by atoms with Gasteiger partial charge in [0.05, 0.1) is 12.5 Å². The molecule has 0 spiro atoms. The Morgan fingerprint density at radius 3 is 2.68 bits per heavy atom. The first kappa shape index (κ1) is 16.4. The van der Waals surface area contributed by atoms with E-state index < -0.39 is 0 Å². The van der Waals surface area contributed by atoms with Crippen molar-refractivity contribution in [3.8, 4) is 0 Å². The summed E-state index contributed by atoms with van der Waals surface area (Å²) in [6.45, 7) is 5.44. The highest BCUT2D eigenvalue weighted by molar-refractivity contribution is 5.78. The summed E-state index contributed by atoms with van der Waals surface area (Å²) in [5.41, 5.74) is 0. The van der Waals surface area contributed by atoms with Crippen molar-refractivity contribution in [3.63, 3.8) is 0 Å².